The summed E-state index contributed by atoms with van der Waals surface area (Å²) in [6, 6.07) is 6.56. The summed E-state index contributed by atoms with van der Waals surface area (Å²) in [6.07, 6.45) is 9.66. The maximum absolute atomic E-state index is 12.6. The lowest BCUT2D eigenvalue weighted by atomic mass is 9.53. The van der Waals surface area contributed by atoms with E-state index >= 15 is 0 Å². The first-order valence-corrected chi connectivity index (χ1v) is 12.5. The molecule has 5 fully saturated rings. The summed E-state index contributed by atoms with van der Waals surface area (Å²) in [5.41, 5.74) is 0.808. The lowest BCUT2D eigenvalue weighted by molar-refractivity contribution is -0.116. The Balaban J connectivity index is 1.17. The summed E-state index contributed by atoms with van der Waals surface area (Å²) >= 11 is 0. The normalized spacial score (nSPS) is 33.9. The Morgan fingerprint density at radius 2 is 1.52 bits per heavy atom. The smallest absolute Gasteiger partial charge is 0.243 e. The number of carbonyl (C=O) groups excluding carboxylic acids is 1. The molecule has 4 saturated carbocycles. The van der Waals surface area contributed by atoms with Crippen molar-refractivity contribution < 1.29 is 13.2 Å². The highest BCUT2D eigenvalue weighted by Crippen LogP contribution is 2.55. The molecule has 7 heteroatoms. The van der Waals surface area contributed by atoms with Crippen molar-refractivity contribution in [2.75, 3.05) is 25.0 Å². The molecule has 1 aromatic rings. The van der Waals surface area contributed by atoms with E-state index in [1.165, 1.54) is 42.8 Å². The van der Waals surface area contributed by atoms with Crippen LogP contribution < -0.4 is 10.6 Å². The molecule has 5 aliphatic rings. The molecule has 0 spiro atoms. The van der Waals surface area contributed by atoms with Gasteiger partial charge in [0.05, 0.1) is 11.4 Å². The van der Waals surface area contributed by atoms with Crippen molar-refractivity contribution >= 4 is 21.6 Å². The van der Waals surface area contributed by atoms with E-state index in [1.54, 1.807) is 24.3 Å². The molecule has 1 saturated heterocycles. The molecular weight excluding hydrogens is 386 g/mol. The van der Waals surface area contributed by atoms with Gasteiger partial charge in [-0.3, -0.25) is 4.79 Å². The molecular formula is C22H31N3O3S. The highest BCUT2D eigenvalue weighted by Gasteiger charge is 2.50. The predicted molar refractivity (Wildman–Crippen MR) is 112 cm³/mol. The van der Waals surface area contributed by atoms with Crippen molar-refractivity contribution in [3.8, 4) is 0 Å². The van der Waals surface area contributed by atoms with Gasteiger partial charge in [0, 0.05) is 24.3 Å². The second-order valence-corrected chi connectivity index (χ2v) is 11.7. The molecule has 158 valence electrons. The molecule has 1 amide bonds. The number of nitrogens with zero attached hydrogens (tertiary/aromatic N) is 1. The summed E-state index contributed by atoms with van der Waals surface area (Å²) in [5, 5.41) is 6.52. The standard InChI is InChI=1S/C22H31N3O3S/c26-21(15-23-22-12-16-9-17(13-22)11-18(10-16)14-22)24-19-3-5-20(6-4-19)29(27,28)25-7-1-2-8-25/h3-6,16-18,23H,1-2,7-15H2,(H,24,26). The Hall–Kier alpha value is -1.44. The number of hydrogen-bond donors (Lipinski definition) is 2. The summed E-state index contributed by atoms with van der Waals surface area (Å²) in [6.45, 7) is 1.51. The third-order valence-electron chi connectivity index (χ3n) is 7.50. The number of anilines is 1. The van der Waals surface area contributed by atoms with Crippen molar-refractivity contribution in [3.63, 3.8) is 0 Å². The summed E-state index contributed by atoms with van der Waals surface area (Å²) in [5.74, 6) is 2.49. The Kier molecular flexibility index (Phi) is 4.95. The molecule has 0 radical (unpaired) electrons. The van der Waals surface area contributed by atoms with Crippen LogP contribution in [0, 0.1) is 17.8 Å². The molecule has 6 rings (SSSR count). The first kappa shape index (κ1) is 19.5. The second kappa shape index (κ2) is 7.36. The summed E-state index contributed by atoms with van der Waals surface area (Å²) in [7, 11) is -3.41. The van der Waals surface area contributed by atoms with Gasteiger partial charge in [0.15, 0.2) is 0 Å². The lowest BCUT2D eigenvalue weighted by Gasteiger charge is -2.57. The Morgan fingerprint density at radius 3 is 2.07 bits per heavy atom. The fourth-order valence-electron chi connectivity index (χ4n) is 6.59. The van der Waals surface area contributed by atoms with E-state index in [-0.39, 0.29) is 11.4 Å². The van der Waals surface area contributed by atoms with Crippen molar-refractivity contribution in [1.82, 2.24) is 9.62 Å². The van der Waals surface area contributed by atoms with Gasteiger partial charge < -0.3 is 10.6 Å². The van der Waals surface area contributed by atoms with Gasteiger partial charge in [-0.15, -0.1) is 0 Å². The quantitative estimate of drug-likeness (QED) is 0.746. The van der Waals surface area contributed by atoms with Crippen LogP contribution in [0.15, 0.2) is 29.2 Å². The molecule has 0 unspecified atom stereocenters. The van der Waals surface area contributed by atoms with Crippen LogP contribution in [0.5, 0.6) is 0 Å². The Morgan fingerprint density at radius 1 is 0.966 bits per heavy atom. The van der Waals surface area contributed by atoms with Gasteiger partial charge in [-0.2, -0.15) is 4.31 Å². The van der Waals surface area contributed by atoms with Crippen molar-refractivity contribution in [1.29, 1.82) is 0 Å². The van der Waals surface area contributed by atoms with E-state index in [0.29, 0.717) is 30.2 Å². The van der Waals surface area contributed by atoms with Crippen LogP contribution in [0.25, 0.3) is 0 Å². The van der Waals surface area contributed by atoms with E-state index in [4.69, 9.17) is 0 Å². The molecule has 1 heterocycles. The van der Waals surface area contributed by atoms with Gasteiger partial charge in [-0.05, 0) is 93.4 Å². The zero-order valence-electron chi connectivity index (χ0n) is 16.9. The van der Waals surface area contributed by atoms with Crippen molar-refractivity contribution in [2.45, 2.75) is 61.8 Å². The van der Waals surface area contributed by atoms with Crippen molar-refractivity contribution in [2.24, 2.45) is 17.8 Å². The fourth-order valence-corrected chi connectivity index (χ4v) is 8.10. The first-order chi connectivity index (χ1) is 13.9. The molecule has 1 aliphatic heterocycles. The van der Waals surface area contributed by atoms with Gasteiger partial charge in [-0.25, -0.2) is 8.42 Å². The van der Waals surface area contributed by atoms with Crippen LogP contribution in [-0.4, -0.2) is 43.8 Å². The van der Waals surface area contributed by atoms with Crippen LogP contribution in [0.1, 0.15) is 51.4 Å². The first-order valence-electron chi connectivity index (χ1n) is 11.1. The third-order valence-corrected chi connectivity index (χ3v) is 9.42. The maximum atomic E-state index is 12.6. The van der Waals surface area contributed by atoms with Gasteiger partial charge in [0.1, 0.15) is 0 Å². The minimum atomic E-state index is -3.41. The number of sulfonamides is 1. The zero-order chi connectivity index (χ0) is 20.1. The van der Waals surface area contributed by atoms with E-state index in [0.717, 1.165) is 30.6 Å². The minimum Gasteiger partial charge on any atom is -0.325 e. The monoisotopic (exact) mass is 417 g/mol. The van der Waals surface area contributed by atoms with Gasteiger partial charge in [-0.1, -0.05) is 0 Å². The van der Waals surface area contributed by atoms with E-state index in [9.17, 15) is 13.2 Å². The largest absolute Gasteiger partial charge is 0.325 e. The highest BCUT2D eigenvalue weighted by molar-refractivity contribution is 7.89. The molecule has 0 atom stereocenters. The van der Waals surface area contributed by atoms with Crippen LogP contribution in [0.4, 0.5) is 5.69 Å². The number of nitrogens with one attached hydrogen (secondary N) is 2. The molecule has 6 nitrogen and oxygen atoms in total. The molecule has 0 aromatic heterocycles. The van der Waals surface area contributed by atoms with E-state index in [2.05, 4.69) is 10.6 Å². The number of carbonyl (C=O) groups is 1. The molecule has 1 aromatic carbocycles. The number of hydrogen-bond acceptors (Lipinski definition) is 4. The minimum absolute atomic E-state index is 0.0594. The lowest BCUT2D eigenvalue weighted by Crippen LogP contribution is -2.59. The number of rotatable bonds is 6. The fraction of sp³-hybridized carbons (Fsp3) is 0.682. The van der Waals surface area contributed by atoms with E-state index < -0.39 is 10.0 Å². The third kappa shape index (κ3) is 3.84. The van der Waals surface area contributed by atoms with Gasteiger partial charge in [0.25, 0.3) is 0 Å². The SMILES string of the molecule is O=C(CNC12CC3CC(CC(C3)C1)C2)Nc1ccc(S(=O)(=O)N2CCCC2)cc1. The van der Waals surface area contributed by atoms with Crippen molar-refractivity contribution in [3.05, 3.63) is 24.3 Å². The van der Waals surface area contributed by atoms with Crippen LogP contribution in [-0.2, 0) is 14.8 Å². The average molecular weight is 418 g/mol. The molecule has 29 heavy (non-hydrogen) atoms. The Bertz CT molecular complexity index is 840. The van der Waals surface area contributed by atoms with Crippen LogP contribution >= 0.6 is 0 Å². The maximum Gasteiger partial charge on any atom is 0.243 e. The summed E-state index contributed by atoms with van der Waals surface area (Å²) < 4.78 is 26.7. The summed E-state index contributed by atoms with van der Waals surface area (Å²) in [4.78, 5) is 12.8. The molecule has 2 N–H and O–H groups in total. The topological polar surface area (TPSA) is 78.5 Å². The van der Waals surface area contributed by atoms with Crippen LogP contribution in [0.3, 0.4) is 0 Å². The second-order valence-electron chi connectivity index (χ2n) is 9.74. The molecule has 4 aliphatic carbocycles. The zero-order valence-corrected chi connectivity index (χ0v) is 17.7. The molecule has 4 bridgehead atoms. The Labute approximate surface area is 173 Å². The number of amides is 1. The van der Waals surface area contributed by atoms with E-state index in [1.807, 2.05) is 0 Å². The highest BCUT2D eigenvalue weighted by atomic mass is 32.2. The van der Waals surface area contributed by atoms with Gasteiger partial charge >= 0.3 is 0 Å². The van der Waals surface area contributed by atoms with Crippen LogP contribution in [0.2, 0.25) is 0 Å². The predicted octanol–water partition coefficient (Wildman–Crippen LogP) is 2.97. The average Bonchev–Trinajstić information content (AvgIpc) is 3.22. The van der Waals surface area contributed by atoms with Gasteiger partial charge in [0.2, 0.25) is 15.9 Å². The number of benzene rings is 1.